The SMILES string of the molecule is C[Si](C)CCCCC1=CCC=C1. The van der Waals surface area contributed by atoms with Gasteiger partial charge in [-0.25, -0.2) is 0 Å². The van der Waals surface area contributed by atoms with Gasteiger partial charge in [-0.2, -0.15) is 0 Å². The van der Waals surface area contributed by atoms with E-state index in [1.807, 2.05) is 0 Å². The fourth-order valence-electron chi connectivity index (χ4n) is 1.50. The van der Waals surface area contributed by atoms with Crippen LogP contribution in [0, 0.1) is 0 Å². The molecule has 0 nitrogen and oxygen atoms in total. The van der Waals surface area contributed by atoms with Gasteiger partial charge in [-0.05, 0) is 19.3 Å². The first-order valence-corrected chi connectivity index (χ1v) is 7.64. The van der Waals surface area contributed by atoms with Crippen molar-refractivity contribution < 1.29 is 0 Å². The number of unbranched alkanes of at least 4 members (excludes halogenated alkanes) is 1. The summed E-state index contributed by atoms with van der Waals surface area (Å²) in [6, 6.07) is 1.49. The first-order chi connectivity index (χ1) is 5.79. The van der Waals surface area contributed by atoms with Crippen LogP contribution in [-0.4, -0.2) is 8.80 Å². The van der Waals surface area contributed by atoms with Gasteiger partial charge in [0.1, 0.15) is 0 Å². The van der Waals surface area contributed by atoms with Gasteiger partial charge in [0.25, 0.3) is 0 Å². The summed E-state index contributed by atoms with van der Waals surface area (Å²) in [5.74, 6) is 0. The van der Waals surface area contributed by atoms with E-state index in [0.29, 0.717) is 0 Å². The summed E-state index contributed by atoms with van der Waals surface area (Å²) < 4.78 is 0. The zero-order valence-corrected chi connectivity index (χ0v) is 9.27. The molecule has 0 aromatic heterocycles. The summed E-state index contributed by atoms with van der Waals surface area (Å²) in [5.41, 5.74) is 1.57. The lowest BCUT2D eigenvalue weighted by atomic mass is 10.1. The van der Waals surface area contributed by atoms with Crippen LogP contribution in [0.15, 0.2) is 23.8 Å². The summed E-state index contributed by atoms with van der Waals surface area (Å²) >= 11 is 0. The van der Waals surface area contributed by atoms with Crippen molar-refractivity contribution in [2.75, 3.05) is 0 Å². The fourth-order valence-corrected chi connectivity index (χ4v) is 2.46. The third-order valence-corrected chi connectivity index (χ3v) is 3.59. The van der Waals surface area contributed by atoms with Crippen LogP contribution in [0.3, 0.4) is 0 Å². The second kappa shape index (κ2) is 5.36. The monoisotopic (exact) mass is 179 g/mol. The lowest BCUT2D eigenvalue weighted by molar-refractivity contribution is 0.792. The van der Waals surface area contributed by atoms with E-state index in [-0.39, 0.29) is 8.80 Å². The van der Waals surface area contributed by atoms with Gasteiger partial charge in [0.15, 0.2) is 0 Å². The quantitative estimate of drug-likeness (QED) is 0.445. The zero-order valence-electron chi connectivity index (χ0n) is 8.27. The topological polar surface area (TPSA) is 0 Å². The second-order valence-corrected chi connectivity index (χ2v) is 6.75. The minimum absolute atomic E-state index is 0.0326. The zero-order chi connectivity index (χ0) is 8.81. The van der Waals surface area contributed by atoms with Gasteiger partial charge >= 0.3 is 0 Å². The fraction of sp³-hybridized carbons (Fsp3) is 0.636. The van der Waals surface area contributed by atoms with Gasteiger partial charge in [-0.3, -0.25) is 0 Å². The molecule has 0 heterocycles. The van der Waals surface area contributed by atoms with Crippen molar-refractivity contribution in [3.8, 4) is 0 Å². The minimum atomic E-state index is 0.0326. The maximum absolute atomic E-state index is 2.40. The Morgan fingerprint density at radius 1 is 1.33 bits per heavy atom. The molecule has 0 saturated carbocycles. The lowest BCUT2D eigenvalue weighted by Gasteiger charge is -2.02. The molecule has 0 N–H and O–H groups in total. The van der Waals surface area contributed by atoms with Gasteiger partial charge in [0, 0.05) is 8.80 Å². The van der Waals surface area contributed by atoms with E-state index in [1.54, 1.807) is 5.57 Å². The molecule has 0 aromatic rings. The van der Waals surface area contributed by atoms with Crippen LogP contribution in [0.2, 0.25) is 19.1 Å². The molecule has 12 heavy (non-hydrogen) atoms. The van der Waals surface area contributed by atoms with Gasteiger partial charge in [-0.1, -0.05) is 49.4 Å². The average Bonchev–Trinajstić information content (AvgIpc) is 2.49. The first-order valence-electron chi connectivity index (χ1n) is 4.93. The highest BCUT2D eigenvalue weighted by Crippen LogP contribution is 2.16. The molecule has 0 fully saturated rings. The molecule has 0 bridgehead atoms. The number of hydrogen-bond acceptors (Lipinski definition) is 0. The van der Waals surface area contributed by atoms with Crippen molar-refractivity contribution in [2.45, 2.75) is 44.8 Å². The van der Waals surface area contributed by atoms with Crippen LogP contribution in [-0.2, 0) is 0 Å². The molecule has 1 radical (unpaired) electrons. The third kappa shape index (κ3) is 3.91. The Bertz CT molecular complexity index is 177. The number of rotatable bonds is 5. The highest BCUT2D eigenvalue weighted by atomic mass is 28.3. The third-order valence-electron chi connectivity index (χ3n) is 2.24. The second-order valence-electron chi connectivity index (χ2n) is 3.83. The number of allylic oxidation sites excluding steroid dienone is 4. The van der Waals surface area contributed by atoms with Gasteiger partial charge in [0.05, 0.1) is 0 Å². The van der Waals surface area contributed by atoms with E-state index < -0.39 is 0 Å². The Morgan fingerprint density at radius 3 is 2.75 bits per heavy atom. The lowest BCUT2D eigenvalue weighted by Crippen LogP contribution is -1.97. The smallest absolute Gasteiger partial charge is 0.0412 e. The Morgan fingerprint density at radius 2 is 2.17 bits per heavy atom. The number of hydrogen-bond donors (Lipinski definition) is 0. The Labute approximate surface area is 78.0 Å². The van der Waals surface area contributed by atoms with E-state index in [0.717, 1.165) is 0 Å². The average molecular weight is 179 g/mol. The molecule has 1 heteroatoms. The molecule has 0 aromatic carbocycles. The summed E-state index contributed by atoms with van der Waals surface area (Å²) in [7, 11) is 0.0326. The van der Waals surface area contributed by atoms with Crippen molar-refractivity contribution >= 4 is 8.80 Å². The summed E-state index contributed by atoms with van der Waals surface area (Å²) in [6.45, 7) is 4.80. The van der Waals surface area contributed by atoms with Crippen LogP contribution in [0.4, 0.5) is 0 Å². The largest absolute Gasteiger partial charge is 0.0805 e. The van der Waals surface area contributed by atoms with E-state index >= 15 is 0 Å². The molecule has 0 spiro atoms. The van der Waals surface area contributed by atoms with Gasteiger partial charge in [0.2, 0.25) is 0 Å². The van der Waals surface area contributed by atoms with E-state index in [9.17, 15) is 0 Å². The van der Waals surface area contributed by atoms with Crippen LogP contribution < -0.4 is 0 Å². The van der Waals surface area contributed by atoms with Crippen molar-refractivity contribution in [1.82, 2.24) is 0 Å². The standard InChI is InChI=1S/C11H19Si/c1-12(2)10-6-5-9-11-7-3-4-8-11/h3,7-8H,4-6,9-10H2,1-2H3. The molecule has 67 valence electrons. The van der Waals surface area contributed by atoms with Crippen molar-refractivity contribution in [3.05, 3.63) is 23.8 Å². The molecule has 1 rings (SSSR count). The van der Waals surface area contributed by atoms with Gasteiger partial charge < -0.3 is 0 Å². The summed E-state index contributed by atoms with van der Waals surface area (Å²) in [5, 5.41) is 0. The normalized spacial score (nSPS) is 15.8. The molecule has 1 aliphatic rings. The predicted octanol–water partition coefficient (Wildman–Crippen LogP) is 3.80. The Kier molecular flexibility index (Phi) is 4.37. The maximum Gasteiger partial charge on any atom is 0.0412 e. The molecular formula is C11H19Si. The highest BCUT2D eigenvalue weighted by molar-refractivity contribution is 6.55. The summed E-state index contributed by atoms with van der Waals surface area (Å²) in [4.78, 5) is 0. The van der Waals surface area contributed by atoms with E-state index in [4.69, 9.17) is 0 Å². The van der Waals surface area contributed by atoms with Crippen LogP contribution >= 0.6 is 0 Å². The molecule has 0 aliphatic heterocycles. The molecule has 0 unspecified atom stereocenters. The van der Waals surface area contributed by atoms with Crippen LogP contribution in [0.25, 0.3) is 0 Å². The summed E-state index contributed by atoms with van der Waals surface area (Å²) in [6.07, 6.45) is 12.2. The molecular weight excluding hydrogens is 160 g/mol. The van der Waals surface area contributed by atoms with Crippen LogP contribution in [0.5, 0.6) is 0 Å². The molecule has 0 saturated heterocycles. The van der Waals surface area contributed by atoms with Crippen molar-refractivity contribution in [2.24, 2.45) is 0 Å². The highest BCUT2D eigenvalue weighted by Gasteiger charge is 1.99. The van der Waals surface area contributed by atoms with Crippen molar-refractivity contribution in [3.63, 3.8) is 0 Å². The Hall–Kier alpha value is -0.303. The van der Waals surface area contributed by atoms with Gasteiger partial charge in [-0.15, -0.1) is 0 Å². The van der Waals surface area contributed by atoms with Crippen LogP contribution in [0.1, 0.15) is 25.7 Å². The predicted molar refractivity (Wildman–Crippen MR) is 58.0 cm³/mol. The van der Waals surface area contributed by atoms with Crippen molar-refractivity contribution in [1.29, 1.82) is 0 Å². The first kappa shape index (κ1) is 9.78. The minimum Gasteiger partial charge on any atom is -0.0805 e. The molecule has 1 aliphatic carbocycles. The van der Waals surface area contributed by atoms with E-state index in [1.165, 1.54) is 31.7 Å². The molecule has 0 amide bonds. The Balaban J connectivity index is 1.99. The molecule has 0 atom stereocenters. The maximum atomic E-state index is 2.40. The van der Waals surface area contributed by atoms with E-state index in [2.05, 4.69) is 31.3 Å².